The van der Waals surface area contributed by atoms with Crippen LogP contribution in [0, 0.1) is 0 Å². The summed E-state index contributed by atoms with van der Waals surface area (Å²) in [6.45, 7) is 0. The zero-order chi connectivity index (χ0) is 15.8. The fraction of sp³-hybridized carbons (Fsp3) is 0.0556. The molecule has 0 fully saturated rings. The minimum Gasteiger partial charge on any atom is -0.361 e. The summed E-state index contributed by atoms with van der Waals surface area (Å²) in [5.41, 5.74) is 4.21. The summed E-state index contributed by atoms with van der Waals surface area (Å²) in [4.78, 5) is 3.29. The quantitative estimate of drug-likeness (QED) is 0.436. The molecular weight excluding hydrogens is 420 g/mol. The molecule has 0 unspecified atom stereocenters. The van der Waals surface area contributed by atoms with Crippen LogP contribution in [0.4, 0.5) is 0 Å². The van der Waals surface area contributed by atoms with Crippen LogP contribution in [-0.2, 0) is 6.42 Å². The molecule has 2 aromatic heterocycles. The molecule has 0 saturated heterocycles. The van der Waals surface area contributed by atoms with Gasteiger partial charge < -0.3 is 9.51 Å². The fourth-order valence-corrected chi connectivity index (χ4v) is 3.48. The molecule has 5 heteroatoms. The zero-order valence-corrected chi connectivity index (χ0v) is 15.2. The summed E-state index contributed by atoms with van der Waals surface area (Å²) in [5.74, 6) is 0.844. The lowest BCUT2D eigenvalue weighted by atomic mass is 10.1. The minimum atomic E-state index is 0.694. The normalized spacial score (nSPS) is 11.2. The number of aromatic nitrogens is 2. The first-order chi connectivity index (χ1) is 11.2. The monoisotopic (exact) mass is 430 g/mol. The maximum absolute atomic E-state index is 5.53. The van der Waals surface area contributed by atoms with Gasteiger partial charge in [0, 0.05) is 44.1 Å². The van der Waals surface area contributed by atoms with E-state index in [-0.39, 0.29) is 0 Å². The maximum Gasteiger partial charge on any atom is 0.141 e. The van der Waals surface area contributed by atoms with Crippen LogP contribution in [-0.4, -0.2) is 10.1 Å². The molecule has 2 aromatic carbocycles. The third-order valence-electron chi connectivity index (χ3n) is 3.77. The van der Waals surface area contributed by atoms with Crippen LogP contribution in [0.1, 0.15) is 11.3 Å². The molecular formula is C18H12Br2N2O. The second-order valence-electron chi connectivity index (χ2n) is 5.37. The van der Waals surface area contributed by atoms with Gasteiger partial charge in [0.25, 0.3) is 0 Å². The molecule has 0 aliphatic rings. The lowest BCUT2D eigenvalue weighted by molar-refractivity contribution is 0.392. The van der Waals surface area contributed by atoms with Crippen molar-refractivity contribution in [1.82, 2.24) is 10.1 Å². The van der Waals surface area contributed by atoms with Gasteiger partial charge in [-0.25, -0.2) is 0 Å². The molecule has 0 spiro atoms. The van der Waals surface area contributed by atoms with Crippen molar-refractivity contribution < 1.29 is 4.52 Å². The molecule has 4 aromatic rings. The molecule has 23 heavy (non-hydrogen) atoms. The third kappa shape index (κ3) is 2.99. The number of nitrogens with zero attached hydrogens (tertiary/aromatic N) is 1. The standard InChI is InChI=1S/C18H12Br2N2O/c19-14-3-1-11(2-4-14)17-10-16(23-22-17)9-13-8-15(20)7-12-5-6-21-18(12)13/h1-8,10,21H,9H2. The Morgan fingerprint density at radius 2 is 1.78 bits per heavy atom. The largest absolute Gasteiger partial charge is 0.361 e. The Hall–Kier alpha value is -1.85. The highest BCUT2D eigenvalue weighted by Crippen LogP contribution is 2.27. The lowest BCUT2D eigenvalue weighted by Crippen LogP contribution is -1.88. The molecule has 0 saturated carbocycles. The van der Waals surface area contributed by atoms with E-state index in [1.54, 1.807) is 0 Å². The highest BCUT2D eigenvalue weighted by Gasteiger charge is 2.11. The zero-order valence-electron chi connectivity index (χ0n) is 12.0. The van der Waals surface area contributed by atoms with Gasteiger partial charge in [0.2, 0.25) is 0 Å². The second kappa shape index (κ2) is 5.98. The molecule has 2 heterocycles. The van der Waals surface area contributed by atoms with Crippen LogP contribution >= 0.6 is 31.9 Å². The predicted octanol–water partition coefficient (Wildman–Crippen LogP) is 5.94. The van der Waals surface area contributed by atoms with Gasteiger partial charge in [0.05, 0.1) is 0 Å². The van der Waals surface area contributed by atoms with E-state index in [0.29, 0.717) is 6.42 Å². The number of benzene rings is 2. The van der Waals surface area contributed by atoms with E-state index >= 15 is 0 Å². The highest BCUT2D eigenvalue weighted by atomic mass is 79.9. The fourth-order valence-electron chi connectivity index (χ4n) is 2.69. The van der Waals surface area contributed by atoms with E-state index in [0.717, 1.165) is 31.5 Å². The number of nitrogens with one attached hydrogen (secondary N) is 1. The number of H-pyrrole nitrogens is 1. The summed E-state index contributed by atoms with van der Waals surface area (Å²) in [7, 11) is 0. The number of hydrogen-bond donors (Lipinski definition) is 1. The number of hydrogen-bond acceptors (Lipinski definition) is 2. The average Bonchev–Trinajstić information content (AvgIpc) is 3.17. The summed E-state index contributed by atoms with van der Waals surface area (Å²) >= 11 is 7.01. The van der Waals surface area contributed by atoms with E-state index in [9.17, 15) is 0 Å². The van der Waals surface area contributed by atoms with Gasteiger partial charge in [0.1, 0.15) is 11.5 Å². The van der Waals surface area contributed by atoms with Gasteiger partial charge in [-0.1, -0.05) is 49.1 Å². The first kappa shape index (κ1) is 14.7. The van der Waals surface area contributed by atoms with Gasteiger partial charge in [-0.05, 0) is 35.9 Å². The van der Waals surface area contributed by atoms with Gasteiger partial charge in [-0.3, -0.25) is 0 Å². The predicted molar refractivity (Wildman–Crippen MR) is 98.4 cm³/mol. The van der Waals surface area contributed by atoms with E-state index in [1.807, 2.05) is 36.5 Å². The van der Waals surface area contributed by atoms with Crippen molar-refractivity contribution >= 4 is 42.8 Å². The molecule has 4 rings (SSSR count). The smallest absolute Gasteiger partial charge is 0.141 e. The molecule has 3 nitrogen and oxygen atoms in total. The minimum absolute atomic E-state index is 0.694. The molecule has 0 bridgehead atoms. The Morgan fingerprint density at radius 1 is 0.957 bits per heavy atom. The summed E-state index contributed by atoms with van der Waals surface area (Å²) in [5, 5.41) is 5.37. The Kier molecular flexibility index (Phi) is 3.83. The molecule has 0 atom stereocenters. The van der Waals surface area contributed by atoms with Crippen molar-refractivity contribution in [3.8, 4) is 11.3 Å². The summed E-state index contributed by atoms with van der Waals surface area (Å²) in [6, 6.07) is 16.3. The Morgan fingerprint density at radius 3 is 2.61 bits per heavy atom. The van der Waals surface area contributed by atoms with Crippen molar-refractivity contribution in [1.29, 1.82) is 0 Å². The van der Waals surface area contributed by atoms with Crippen molar-refractivity contribution in [3.05, 3.63) is 75.0 Å². The van der Waals surface area contributed by atoms with Gasteiger partial charge in [-0.2, -0.15) is 0 Å². The number of aromatic amines is 1. The second-order valence-corrected chi connectivity index (χ2v) is 7.20. The molecule has 0 aliphatic carbocycles. The first-order valence-corrected chi connectivity index (χ1v) is 8.75. The Balaban J connectivity index is 1.67. The Bertz CT molecular complexity index is 970. The van der Waals surface area contributed by atoms with E-state index in [4.69, 9.17) is 4.52 Å². The summed E-state index contributed by atoms with van der Waals surface area (Å²) < 4.78 is 7.64. The van der Waals surface area contributed by atoms with Crippen LogP contribution in [0.2, 0.25) is 0 Å². The highest BCUT2D eigenvalue weighted by molar-refractivity contribution is 9.10. The third-order valence-corrected chi connectivity index (χ3v) is 4.76. The van der Waals surface area contributed by atoms with Crippen molar-refractivity contribution in [2.75, 3.05) is 0 Å². The van der Waals surface area contributed by atoms with E-state index in [2.05, 4.69) is 60.2 Å². The van der Waals surface area contributed by atoms with Gasteiger partial charge in [-0.15, -0.1) is 0 Å². The molecule has 0 radical (unpaired) electrons. The number of halogens is 2. The van der Waals surface area contributed by atoms with Gasteiger partial charge >= 0.3 is 0 Å². The first-order valence-electron chi connectivity index (χ1n) is 7.16. The number of fused-ring (bicyclic) bond motifs is 1. The SMILES string of the molecule is Brc1ccc(-c2cc(Cc3cc(Br)cc4cc[nH]c34)on2)cc1. The lowest BCUT2D eigenvalue weighted by Gasteiger charge is -2.02. The van der Waals surface area contributed by atoms with Gasteiger partial charge in [0.15, 0.2) is 0 Å². The van der Waals surface area contributed by atoms with Crippen molar-refractivity contribution in [2.45, 2.75) is 6.42 Å². The van der Waals surface area contributed by atoms with E-state index < -0.39 is 0 Å². The van der Waals surface area contributed by atoms with Crippen molar-refractivity contribution in [2.24, 2.45) is 0 Å². The molecule has 0 amide bonds. The van der Waals surface area contributed by atoms with Crippen LogP contribution in [0.3, 0.4) is 0 Å². The molecule has 114 valence electrons. The summed E-state index contributed by atoms with van der Waals surface area (Å²) in [6.07, 6.45) is 2.65. The van der Waals surface area contributed by atoms with E-state index in [1.165, 1.54) is 10.9 Å². The topological polar surface area (TPSA) is 41.8 Å². The van der Waals surface area contributed by atoms with Crippen LogP contribution in [0.5, 0.6) is 0 Å². The molecule has 0 aliphatic heterocycles. The van der Waals surface area contributed by atoms with Crippen LogP contribution in [0.15, 0.2) is 68.2 Å². The van der Waals surface area contributed by atoms with Crippen LogP contribution in [0.25, 0.3) is 22.2 Å². The van der Waals surface area contributed by atoms with Crippen molar-refractivity contribution in [3.63, 3.8) is 0 Å². The number of rotatable bonds is 3. The maximum atomic E-state index is 5.53. The average molecular weight is 432 g/mol. The Labute approximate surface area is 150 Å². The molecule has 1 N–H and O–H groups in total. The van der Waals surface area contributed by atoms with Crippen LogP contribution < -0.4 is 0 Å².